The Balaban J connectivity index is 2.26. The van der Waals surface area contributed by atoms with Crippen molar-refractivity contribution in [2.45, 2.75) is 12.3 Å². The number of benzene rings is 1. The van der Waals surface area contributed by atoms with Gasteiger partial charge >= 0.3 is 0 Å². The number of fused-ring (bicyclic) bond motifs is 2. The maximum atomic E-state index is 12.5. The normalized spacial score (nSPS) is 28.6. The van der Waals surface area contributed by atoms with Crippen molar-refractivity contribution in [3.05, 3.63) is 65.9 Å². The smallest absolute Gasteiger partial charge is 0.243 e. The molecule has 0 aliphatic carbocycles. The number of allylic oxidation sites excluding steroid dienone is 4. The molecule has 0 saturated carbocycles. The standard InChI is InChI=1S/C16H15NO2/c1-3-7-11-13(4-2)17-15(18)16(11)10-19-14-9-6-5-8-12(14)16/h3-9H,1,10H2,2H3,(H,17,18)/b11-7?,13-4+/t16-/m0/s1. The summed E-state index contributed by atoms with van der Waals surface area (Å²) < 4.78 is 5.71. The van der Waals surface area contributed by atoms with Crippen LogP contribution in [-0.2, 0) is 10.2 Å². The van der Waals surface area contributed by atoms with Crippen molar-refractivity contribution >= 4 is 5.91 Å². The molecule has 2 heterocycles. The molecule has 0 aromatic heterocycles. The second kappa shape index (κ2) is 4.12. The third-order valence-corrected chi connectivity index (χ3v) is 3.75. The summed E-state index contributed by atoms with van der Waals surface area (Å²) in [6, 6.07) is 7.70. The summed E-state index contributed by atoms with van der Waals surface area (Å²) in [5.74, 6) is 0.753. The van der Waals surface area contributed by atoms with Gasteiger partial charge in [-0.2, -0.15) is 0 Å². The van der Waals surface area contributed by atoms with E-state index in [1.165, 1.54) is 0 Å². The monoisotopic (exact) mass is 253 g/mol. The van der Waals surface area contributed by atoms with Crippen LogP contribution >= 0.6 is 0 Å². The van der Waals surface area contributed by atoms with Crippen LogP contribution in [0.25, 0.3) is 0 Å². The zero-order valence-electron chi connectivity index (χ0n) is 10.8. The predicted molar refractivity (Wildman–Crippen MR) is 73.8 cm³/mol. The second-order valence-electron chi connectivity index (χ2n) is 4.66. The van der Waals surface area contributed by atoms with Gasteiger partial charge in [-0.1, -0.05) is 43.0 Å². The molecule has 2 aliphatic rings. The van der Waals surface area contributed by atoms with Crippen LogP contribution in [0.4, 0.5) is 0 Å². The van der Waals surface area contributed by atoms with E-state index in [2.05, 4.69) is 11.9 Å². The molecule has 1 N–H and O–H groups in total. The summed E-state index contributed by atoms with van der Waals surface area (Å²) in [6.45, 7) is 6.00. The fourth-order valence-electron chi connectivity index (χ4n) is 2.85. The Morgan fingerprint density at radius 1 is 1.42 bits per heavy atom. The molecule has 0 unspecified atom stereocenters. The second-order valence-corrected chi connectivity index (χ2v) is 4.66. The van der Waals surface area contributed by atoms with E-state index in [1.54, 1.807) is 6.08 Å². The summed E-state index contributed by atoms with van der Waals surface area (Å²) in [7, 11) is 0. The van der Waals surface area contributed by atoms with Gasteiger partial charge in [-0.15, -0.1) is 0 Å². The molecule has 0 bridgehead atoms. The molecule has 1 spiro atoms. The SMILES string of the molecule is C=CC=C1/C(=C\C)NC(=O)[C@@]12COc1ccccc12. The first-order valence-electron chi connectivity index (χ1n) is 6.27. The van der Waals surface area contributed by atoms with Crippen LogP contribution in [0.2, 0.25) is 0 Å². The summed E-state index contributed by atoms with van der Waals surface area (Å²) >= 11 is 0. The molecule has 1 amide bonds. The molecule has 1 aromatic rings. The molecule has 1 aromatic carbocycles. The molecule has 3 nitrogen and oxygen atoms in total. The van der Waals surface area contributed by atoms with E-state index >= 15 is 0 Å². The molecule has 1 fully saturated rings. The van der Waals surface area contributed by atoms with Crippen molar-refractivity contribution in [2.75, 3.05) is 6.61 Å². The highest BCUT2D eigenvalue weighted by atomic mass is 16.5. The van der Waals surface area contributed by atoms with Crippen molar-refractivity contribution in [2.24, 2.45) is 0 Å². The van der Waals surface area contributed by atoms with Gasteiger partial charge in [0.2, 0.25) is 5.91 Å². The van der Waals surface area contributed by atoms with Crippen molar-refractivity contribution in [3.8, 4) is 5.75 Å². The summed E-state index contributed by atoms with van der Waals surface area (Å²) in [6.07, 6.45) is 5.50. The van der Waals surface area contributed by atoms with Gasteiger partial charge in [-0.05, 0) is 18.6 Å². The number of ether oxygens (including phenoxy) is 1. The van der Waals surface area contributed by atoms with Crippen molar-refractivity contribution in [1.82, 2.24) is 5.32 Å². The van der Waals surface area contributed by atoms with E-state index in [0.29, 0.717) is 6.61 Å². The first-order valence-corrected chi connectivity index (χ1v) is 6.27. The van der Waals surface area contributed by atoms with Crippen LogP contribution in [0.15, 0.2) is 60.3 Å². The quantitative estimate of drug-likeness (QED) is 0.835. The molecule has 2 aliphatic heterocycles. The Bertz CT molecular complexity index is 627. The maximum absolute atomic E-state index is 12.5. The van der Waals surface area contributed by atoms with E-state index in [-0.39, 0.29) is 5.91 Å². The van der Waals surface area contributed by atoms with E-state index < -0.39 is 5.41 Å². The molecule has 96 valence electrons. The Kier molecular flexibility index (Phi) is 2.56. The van der Waals surface area contributed by atoms with Crippen LogP contribution < -0.4 is 10.1 Å². The lowest BCUT2D eigenvalue weighted by Gasteiger charge is -2.20. The third kappa shape index (κ3) is 1.41. The molecule has 1 saturated heterocycles. The van der Waals surface area contributed by atoms with Crippen LogP contribution in [-0.4, -0.2) is 12.5 Å². The fourth-order valence-corrected chi connectivity index (χ4v) is 2.85. The van der Waals surface area contributed by atoms with Crippen molar-refractivity contribution in [3.63, 3.8) is 0 Å². The van der Waals surface area contributed by atoms with Crippen molar-refractivity contribution < 1.29 is 9.53 Å². The van der Waals surface area contributed by atoms with Gasteiger partial charge in [-0.25, -0.2) is 0 Å². The highest BCUT2D eigenvalue weighted by Gasteiger charge is 2.55. The number of amides is 1. The first kappa shape index (κ1) is 11.8. The molecule has 1 atom stereocenters. The highest BCUT2D eigenvalue weighted by Crippen LogP contribution is 2.48. The number of carbonyl (C=O) groups is 1. The predicted octanol–water partition coefficient (Wildman–Crippen LogP) is 2.46. The van der Waals surface area contributed by atoms with Gasteiger partial charge in [0.25, 0.3) is 0 Å². The molecule has 3 rings (SSSR count). The summed E-state index contributed by atoms with van der Waals surface area (Å²) in [5, 5.41) is 2.94. The van der Waals surface area contributed by atoms with Gasteiger partial charge in [0, 0.05) is 11.3 Å². The van der Waals surface area contributed by atoms with E-state index in [9.17, 15) is 4.79 Å². The maximum Gasteiger partial charge on any atom is 0.243 e. The minimum Gasteiger partial charge on any atom is -0.491 e. The molecular weight excluding hydrogens is 238 g/mol. The number of nitrogens with one attached hydrogen (secondary N) is 1. The average Bonchev–Trinajstić information content (AvgIpc) is 2.94. The number of hydrogen-bond donors (Lipinski definition) is 1. The van der Waals surface area contributed by atoms with Crippen LogP contribution in [0, 0.1) is 0 Å². The Labute approximate surface area is 112 Å². The van der Waals surface area contributed by atoms with Crippen LogP contribution in [0.5, 0.6) is 5.75 Å². The van der Waals surface area contributed by atoms with Gasteiger partial charge in [0.1, 0.15) is 17.8 Å². The molecule has 0 radical (unpaired) electrons. The zero-order valence-corrected chi connectivity index (χ0v) is 10.8. The van der Waals surface area contributed by atoms with Gasteiger partial charge in [0.05, 0.1) is 0 Å². The lowest BCUT2D eigenvalue weighted by molar-refractivity contribution is -0.123. The molecule has 19 heavy (non-hydrogen) atoms. The Morgan fingerprint density at radius 3 is 2.95 bits per heavy atom. The van der Waals surface area contributed by atoms with E-state index in [4.69, 9.17) is 4.74 Å². The number of rotatable bonds is 1. The Hall–Kier alpha value is -2.29. The van der Waals surface area contributed by atoms with E-state index in [0.717, 1.165) is 22.6 Å². The number of hydrogen-bond acceptors (Lipinski definition) is 2. The highest BCUT2D eigenvalue weighted by molar-refractivity contribution is 6.00. The van der Waals surface area contributed by atoms with Crippen LogP contribution in [0.1, 0.15) is 12.5 Å². The van der Waals surface area contributed by atoms with Gasteiger partial charge in [-0.3, -0.25) is 4.79 Å². The lowest BCUT2D eigenvalue weighted by atomic mass is 9.76. The zero-order chi connectivity index (χ0) is 13.5. The first-order chi connectivity index (χ1) is 9.24. The largest absolute Gasteiger partial charge is 0.491 e. The number of carbonyl (C=O) groups excluding carboxylic acids is 1. The summed E-state index contributed by atoms with van der Waals surface area (Å²) in [5.41, 5.74) is 1.97. The van der Waals surface area contributed by atoms with Gasteiger partial charge < -0.3 is 10.1 Å². The third-order valence-electron chi connectivity index (χ3n) is 3.75. The van der Waals surface area contributed by atoms with E-state index in [1.807, 2.05) is 43.3 Å². The molecule has 3 heteroatoms. The fraction of sp³-hybridized carbons (Fsp3) is 0.188. The summed E-state index contributed by atoms with van der Waals surface area (Å²) in [4.78, 5) is 12.5. The van der Waals surface area contributed by atoms with Crippen molar-refractivity contribution in [1.29, 1.82) is 0 Å². The lowest BCUT2D eigenvalue weighted by Crippen LogP contribution is -2.37. The minimum atomic E-state index is -0.730. The van der Waals surface area contributed by atoms with Gasteiger partial charge in [0.15, 0.2) is 0 Å². The topological polar surface area (TPSA) is 38.3 Å². The Morgan fingerprint density at radius 2 is 2.21 bits per heavy atom. The minimum absolute atomic E-state index is 0.0290. The van der Waals surface area contributed by atoms with Crippen LogP contribution in [0.3, 0.4) is 0 Å². The average molecular weight is 253 g/mol. The molecular formula is C16H15NO2. The number of para-hydroxylation sites is 1.